The molecule has 1 rings (SSSR count). The second-order valence-corrected chi connectivity index (χ2v) is 2.76. The van der Waals surface area contributed by atoms with Gasteiger partial charge in [0.25, 0.3) is 0 Å². The molecule has 0 saturated carbocycles. The van der Waals surface area contributed by atoms with E-state index in [0.29, 0.717) is 18.0 Å². The van der Waals surface area contributed by atoms with Gasteiger partial charge in [0.2, 0.25) is 5.84 Å². The van der Waals surface area contributed by atoms with Crippen LogP contribution in [0.25, 0.3) is 0 Å². The molecule has 0 spiro atoms. The van der Waals surface area contributed by atoms with Crippen LogP contribution in [0, 0.1) is 0 Å². The van der Waals surface area contributed by atoms with Gasteiger partial charge in [-0.2, -0.15) is 0 Å². The van der Waals surface area contributed by atoms with Crippen LogP contribution in [-0.2, 0) is 6.42 Å². The molecule has 0 aliphatic carbocycles. The zero-order chi connectivity index (χ0) is 9.84. The van der Waals surface area contributed by atoms with Crippen LogP contribution in [-0.4, -0.2) is 18.1 Å². The first-order valence-electron chi connectivity index (χ1n) is 3.86. The second-order valence-electron chi connectivity index (χ2n) is 2.76. The normalized spacial score (nSPS) is 9.62. The number of amidine groups is 1. The summed E-state index contributed by atoms with van der Waals surface area (Å²) >= 11 is 0. The fraction of sp³-hybridized carbons (Fsp3) is 0.222. The molecule has 0 aliphatic rings. The first-order valence-corrected chi connectivity index (χ1v) is 3.86. The van der Waals surface area contributed by atoms with Crippen LogP contribution in [0.2, 0.25) is 0 Å². The van der Waals surface area contributed by atoms with E-state index in [4.69, 9.17) is 15.9 Å². The lowest BCUT2D eigenvalue weighted by Gasteiger charge is -2.04. The molecule has 1 aromatic carbocycles. The highest BCUT2D eigenvalue weighted by Gasteiger charge is 2.04. The molecule has 0 unspecified atom stereocenters. The van der Waals surface area contributed by atoms with Crippen LogP contribution in [0.4, 0.5) is 0 Å². The summed E-state index contributed by atoms with van der Waals surface area (Å²) in [6, 6.07) is 5.00. The molecule has 0 amide bonds. The minimum absolute atomic E-state index is 0.113. The maximum absolute atomic E-state index is 9.27. The van der Waals surface area contributed by atoms with Gasteiger partial charge in [0, 0.05) is 0 Å². The zero-order valence-electron chi connectivity index (χ0n) is 7.45. The highest BCUT2D eigenvalue weighted by atomic mass is 16.5. The summed E-state index contributed by atoms with van der Waals surface area (Å²) in [5.74, 6) is 0.883. The van der Waals surface area contributed by atoms with Crippen LogP contribution in [0.15, 0.2) is 18.2 Å². The number of phenols is 1. The Bertz CT molecular complexity index is 323. The van der Waals surface area contributed by atoms with Crippen molar-refractivity contribution in [2.45, 2.75) is 6.42 Å². The van der Waals surface area contributed by atoms with Gasteiger partial charge in [-0.25, -0.2) is 0 Å². The van der Waals surface area contributed by atoms with Gasteiger partial charge in [-0.3, -0.25) is 11.1 Å². The van der Waals surface area contributed by atoms with E-state index in [1.807, 2.05) is 0 Å². The Labute approximate surface area is 76.5 Å². The van der Waals surface area contributed by atoms with E-state index >= 15 is 0 Å². The van der Waals surface area contributed by atoms with Gasteiger partial charge in [0.05, 0.1) is 13.5 Å². The molecule has 1 aromatic rings. The number of hydrogen-bond acceptors (Lipinski definition) is 2. The third kappa shape index (κ3) is 2.37. The van der Waals surface area contributed by atoms with Gasteiger partial charge < -0.3 is 9.84 Å². The molecule has 0 bridgehead atoms. The Morgan fingerprint density at radius 1 is 1.62 bits per heavy atom. The summed E-state index contributed by atoms with van der Waals surface area (Å²) in [7, 11) is 1.49. The van der Waals surface area contributed by atoms with Crippen molar-refractivity contribution in [2.24, 2.45) is 5.73 Å². The SMILES string of the molecule is COc1cc(CC(N)=[NH2+])ccc1O. The predicted octanol–water partition coefficient (Wildman–Crippen LogP) is -0.940. The topological polar surface area (TPSA) is 81.1 Å². The lowest BCUT2D eigenvalue weighted by Crippen LogP contribution is -2.46. The lowest BCUT2D eigenvalue weighted by atomic mass is 10.1. The molecule has 4 nitrogen and oxygen atoms in total. The van der Waals surface area contributed by atoms with Crippen molar-refractivity contribution in [3.8, 4) is 11.5 Å². The summed E-state index contributed by atoms with van der Waals surface area (Å²) in [5, 5.41) is 14.6. The second kappa shape index (κ2) is 3.80. The van der Waals surface area contributed by atoms with Gasteiger partial charge in [-0.05, 0) is 17.7 Å². The fourth-order valence-corrected chi connectivity index (χ4v) is 1.07. The van der Waals surface area contributed by atoms with Crippen LogP contribution < -0.4 is 15.9 Å². The van der Waals surface area contributed by atoms with Gasteiger partial charge in [0.15, 0.2) is 11.5 Å². The number of hydrogen-bond donors (Lipinski definition) is 3. The molecule has 0 fully saturated rings. The Hall–Kier alpha value is -1.71. The third-order valence-corrected chi connectivity index (χ3v) is 1.65. The van der Waals surface area contributed by atoms with E-state index in [9.17, 15) is 5.11 Å². The molecule has 13 heavy (non-hydrogen) atoms. The molecule has 0 saturated heterocycles. The standard InChI is InChI=1S/C9H12N2O2/c1-13-8-4-6(5-9(10)11)2-3-7(8)12/h2-4,12H,5H2,1H3,(H3,10,11)/p+1. The summed E-state index contributed by atoms with van der Waals surface area (Å²) in [6.45, 7) is 0. The highest BCUT2D eigenvalue weighted by Crippen LogP contribution is 2.26. The van der Waals surface area contributed by atoms with E-state index < -0.39 is 0 Å². The number of aromatic hydroxyl groups is 1. The molecule has 0 heterocycles. The summed E-state index contributed by atoms with van der Waals surface area (Å²) < 4.78 is 4.93. The molecule has 5 N–H and O–H groups in total. The Morgan fingerprint density at radius 3 is 2.85 bits per heavy atom. The third-order valence-electron chi connectivity index (χ3n) is 1.65. The quantitative estimate of drug-likeness (QED) is 0.416. The number of methoxy groups -OCH3 is 1. The molecular weight excluding hydrogens is 168 g/mol. The smallest absolute Gasteiger partial charge is 0.242 e. The van der Waals surface area contributed by atoms with Crippen molar-refractivity contribution in [1.29, 1.82) is 0 Å². The number of benzene rings is 1. The van der Waals surface area contributed by atoms with Crippen molar-refractivity contribution < 1.29 is 15.3 Å². The highest BCUT2D eigenvalue weighted by molar-refractivity contribution is 5.76. The number of phenolic OH excluding ortho intramolecular Hbond substituents is 1. The van der Waals surface area contributed by atoms with Crippen molar-refractivity contribution in [3.63, 3.8) is 0 Å². The molecular formula is C9H13N2O2+. The maximum atomic E-state index is 9.27. The first-order chi connectivity index (χ1) is 6.13. The van der Waals surface area contributed by atoms with Gasteiger partial charge in [0.1, 0.15) is 0 Å². The largest absolute Gasteiger partial charge is 0.504 e. The average Bonchev–Trinajstić information content (AvgIpc) is 2.07. The molecule has 4 heteroatoms. The Kier molecular flexibility index (Phi) is 2.74. The first kappa shape index (κ1) is 9.38. The maximum Gasteiger partial charge on any atom is 0.242 e. The van der Waals surface area contributed by atoms with Crippen LogP contribution in [0.3, 0.4) is 0 Å². The molecule has 0 radical (unpaired) electrons. The van der Waals surface area contributed by atoms with Crippen LogP contribution in [0.1, 0.15) is 5.56 Å². The molecule has 0 atom stereocenters. The van der Waals surface area contributed by atoms with Crippen molar-refractivity contribution in [1.82, 2.24) is 0 Å². The average molecular weight is 181 g/mol. The Balaban J connectivity index is 2.92. The summed E-state index contributed by atoms with van der Waals surface area (Å²) in [5.41, 5.74) is 6.26. The zero-order valence-corrected chi connectivity index (χ0v) is 7.45. The van der Waals surface area contributed by atoms with E-state index in [1.54, 1.807) is 18.2 Å². The Morgan fingerprint density at radius 2 is 2.31 bits per heavy atom. The summed E-state index contributed by atoms with van der Waals surface area (Å²) in [6.07, 6.45) is 0.483. The number of nitrogens with two attached hydrogens (primary N) is 2. The fourth-order valence-electron chi connectivity index (χ4n) is 1.07. The minimum Gasteiger partial charge on any atom is -0.504 e. The lowest BCUT2D eigenvalue weighted by molar-refractivity contribution is -0.117. The van der Waals surface area contributed by atoms with Crippen LogP contribution >= 0.6 is 0 Å². The van der Waals surface area contributed by atoms with E-state index in [0.717, 1.165) is 5.56 Å². The minimum atomic E-state index is 0.113. The number of ether oxygens (including phenoxy) is 1. The van der Waals surface area contributed by atoms with Gasteiger partial charge in [-0.15, -0.1) is 0 Å². The molecule has 0 aliphatic heterocycles. The van der Waals surface area contributed by atoms with E-state index in [1.165, 1.54) is 7.11 Å². The van der Waals surface area contributed by atoms with E-state index in [2.05, 4.69) is 0 Å². The van der Waals surface area contributed by atoms with Crippen molar-refractivity contribution in [3.05, 3.63) is 23.8 Å². The predicted molar refractivity (Wildman–Crippen MR) is 49.5 cm³/mol. The summed E-state index contributed by atoms with van der Waals surface area (Å²) in [4.78, 5) is 0. The van der Waals surface area contributed by atoms with Crippen LogP contribution in [0.5, 0.6) is 11.5 Å². The van der Waals surface area contributed by atoms with Gasteiger partial charge >= 0.3 is 0 Å². The van der Waals surface area contributed by atoms with Gasteiger partial charge in [-0.1, -0.05) is 6.07 Å². The van der Waals surface area contributed by atoms with Crippen molar-refractivity contribution >= 4 is 5.84 Å². The number of rotatable bonds is 3. The van der Waals surface area contributed by atoms with Crippen molar-refractivity contribution in [2.75, 3.05) is 7.11 Å². The molecule has 70 valence electrons. The monoisotopic (exact) mass is 181 g/mol. The molecule has 0 aromatic heterocycles. The van der Waals surface area contributed by atoms with E-state index in [-0.39, 0.29) is 5.75 Å².